The van der Waals surface area contributed by atoms with Crippen molar-refractivity contribution in [1.82, 2.24) is 10.3 Å². The molecule has 4 nitrogen and oxygen atoms in total. The molecular weight excluding hydrogens is 288 g/mol. The van der Waals surface area contributed by atoms with Crippen molar-refractivity contribution in [1.29, 1.82) is 0 Å². The maximum absolute atomic E-state index is 12.2. The highest BCUT2D eigenvalue weighted by Gasteiger charge is 2.17. The van der Waals surface area contributed by atoms with E-state index in [4.69, 9.17) is 4.74 Å². The largest absolute Gasteiger partial charge is 0.497 e. The number of rotatable bonds is 6. The standard InChI is InChI=1S/C19H22N2O2/c1-14(2)19(16-7-9-17(23-3)10-8-16)21-18(22)11-6-15-5-4-12-20-13-15/h4-14,19H,1-3H3,(H,21,22)/b11-6+. The van der Waals surface area contributed by atoms with E-state index < -0.39 is 0 Å². The summed E-state index contributed by atoms with van der Waals surface area (Å²) in [5.74, 6) is 0.960. The summed E-state index contributed by atoms with van der Waals surface area (Å²) >= 11 is 0. The molecule has 1 heterocycles. The monoisotopic (exact) mass is 310 g/mol. The number of hydrogen-bond acceptors (Lipinski definition) is 3. The van der Waals surface area contributed by atoms with E-state index in [0.29, 0.717) is 0 Å². The Morgan fingerprint density at radius 2 is 1.96 bits per heavy atom. The first-order valence-electron chi connectivity index (χ1n) is 7.62. The highest BCUT2D eigenvalue weighted by molar-refractivity contribution is 5.91. The van der Waals surface area contributed by atoms with E-state index in [0.717, 1.165) is 16.9 Å². The van der Waals surface area contributed by atoms with Crippen LogP contribution in [0.2, 0.25) is 0 Å². The first-order chi connectivity index (χ1) is 11.1. The minimum absolute atomic E-state index is 0.0491. The van der Waals surface area contributed by atoms with Crippen molar-refractivity contribution < 1.29 is 9.53 Å². The smallest absolute Gasteiger partial charge is 0.244 e. The summed E-state index contributed by atoms with van der Waals surface area (Å²) in [6, 6.07) is 11.5. The molecule has 1 N–H and O–H groups in total. The molecule has 0 aliphatic carbocycles. The molecule has 0 saturated carbocycles. The van der Waals surface area contributed by atoms with Crippen LogP contribution in [-0.4, -0.2) is 18.0 Å². The molecule has 1 atom stereocenters. The summed E-state index contributed by atoms with van der Waals surface area (Å²) in [7, 11) is 1.64. The number of ether oxygens (including phenoxy) is 1. The van der Waals surface area contributed by atoms with Crippen LogP contribution in [0.3, 0.4) is 0 Å². The normalized spacial score (nSPS) is 12.3. The van der Waals surface area contributed by atoms with Gasteiger partial charge in [-0.1, -0.05) is 32.0 Å². The Bertz CT molecular complexity index is 649. The number of nitrogens with zero attached hydrogens (tertiary/aromatic N) is 1. The van der Waals surface area contributed by atoms with Crippen molar-refractivity contribution in [2.45, 2.75) is 19.9 Å². The molecule has 0 aliphatic heterocycles. The Labute approximate surface area is 137 Å². The lowest BCUT2D eigenvalue weighted by Crippen LogP contribution is -2.30. The molecule has 1 amide bonds. The first-order valence-corrected chi connectivity index (χ1v) is 7.62. The number of pyridine rings is 1. The third-order valence-electron chi connectivity index (χ3n) is 3.55. The van der Waals surface area contributed by atoms with Crippen LogP contribution in [0.5, 0.6) is 5.75 Å². The van der Waals surface area contributed by atoms with Crippen LogP contribution < -0.4 is 10.1 Å². The van der Waals surface area contributed by atoms with Crippen molar-refractivity contribution in [3.05, 3.63) is 66.0 Å². The number of hydrogen-bond donors (Lipinski definition) is 1. The summed E-state index contributed by atoms with van der Waals surface area (Å²) in [6.07, 6.45) is 6.72. The zero-order chi connectivity index (χ0) is 16.7. The summed E-state index contributed by atoms with van der Waals surface area (Å²) in [5.41, 5.74) is 1.96. The van der Waals surface area contributed by atoms with Gasteiger partial charge in [-0.25, -0.2) is 0 Å². The quantitative estimate of drug-likeness (QED) is 0.829. The molecule has 0 saturated heterocycles. The van der Waals surface area contributed by atoms with E-state index in [2.05, 4.69) is 24.1 Å². The third-order valence-corrected chi connectivity index (χ3v) is 3.55. The molecular formula is C19H22N2O2. The number of amides is 1. The molecule has 2 rings (SSSR count). The fraction of sp³-hybridized carbons (Fsp3) is 0.263. The highest BCUT2D eigenvalue weighted by atomic mass is 16.5. The molecule has 120 valence electrons. The Hall–Kier alpha value is -2.62. The Morgan fingerprint density at radius 1 is 1.22 bits per heavy atom. The third kappa shape index (κ3) is 4.95. The summed E-state index contributed by atoms with van der Waals surface area (Å²) in [6.45, 7) is 4.17. The molecule has 4 heteroatoms. The van der Waals surface area contributed by atoms with Gasteiger partial charge < -0.3 is 10.1 Å². The Balaban J connectivity index is 2.06. The molecule has 0 aliphatic rings. The number of nitrogens with one attached hydrogen (secondary N) is 1. The number of aromatic nitrogens is 1. The topological polar surface area (TPSA) is 51.2 Å². The van der Waals surface area contributed by atoms with Crippen LogP contribution in [-0.2, 0) is 4.79 Å². The minimum Gasteiger partial charge on any atom is -0.497 e. The van der Waals surface area contributed by atoms with Gasteiger partial charge in [0.2, 0.25) is 5.91 Å². The van der Waals surface area contributed by atoms with Crippen LogP contribution >= 0.6 is 0 Å². The van der Waals surface area contributed by atoms with Gasteiger partial charge in [-0.05, 0) is 41.3 Å². The average Bonchev–Trinajstić information content (AvgIpc) is 2.58. The number of methoxy groups -OCH3 is 1. The molecule has 0 spiro atoms. The Morgan fingerprint density at radius 3 is 2.52 bits per heavy atom. The zero-order valence-corrected chi connectivity index (χ0v) is 13.7. The molecule has 1 unspecified atom stereocenters. The van der Waals surface area contributed by atoms with E-state index >= 15 is 0 Å². The minimum atomic E-state index is -0.122. The van der Waals surface area contributed by atoms with Gasteiger partial charge in [0.15, 0.2) is 0 Å². The lowest BCUT2D eigenvalue weighted by Gasteiger charge is -2.22. The van der Waals surface area contributed by atoms with E-state index in [1.165, 1.54) is 6.08 Å². The summed E-state index contributed by atoms with van der Waals surface area (Å²) < 4.78 is 5.17. The van der Waals surface area contributed by atoms with Gasteiger partial charge in [-0.3, -0.25) is 9.78 Å². The maximum Gasteiger partial charge on any atom is 0.244 e. The maximum atomic E-state index is 12.2. The Kier molecular flexibility index (Phi) is 5.92. The lowest BCUT2D eigenvalue weighted by molar-refractivity contribution is -0.117. The molecule has 1 aromatic carbocycles. The van der Waals surface area contributed by atoms with E-state index in [-0.39, 0.29) is 17.9 Å². The second kappa shape index (κ2) is 8.13. The van der Waals surface area contributed by atoms with Crippen molar-refractivity contribution in [3.8, 4) is 5.75 Å². The highest BCUT2D eigenvalue weighted by Crippen LogP contribution is 2.23. The second-order valence-electron chi connectivity index (χ2n) is 5.62. The van der Waals surface area contributed by atoms with Crippen molar-refractivity contribution in [3.63, 3.8) is 0 Å². The molecule has 23 heavy (non-hydrogen) atoms. The van der Waals surface area contributed by atoms with Gasteiger partial charge in [0.25, 0.3) is 0 Å². The molecule has 0 radical (unpaired) electrons. The fourth-order valence-electron chi connectivity index (χ4n) is 2.29. The summed E-state index contributed by atoms with van der Waals surface area (Å²) in [4.78, 5) is 16.2. The zero-order valence-electron chi connectivity index (χ0n) is 13.7. The van der Waals surface area contributed by atoms with E-state index in [1.807, 2.05) is 36.4 Å². The van der Waals surface area contributed by atoms with Crippen molar-refractivity contribution in [2.75, 3.05) is 7.11 Å². The molecule has 0 fully saturated rings. The van der Waals surface area contributed by atoms with Crippen molar-refractivity contribution in [2.24, 2.45) is 5.92 Å². The van der Waals surface area contributed by atoms with Crippen LogP contribution in [0.25, 0.3) is 6.08 Å². The van der Waals surface area contributed by atoms with Crippen LogP contribution in [0.1, 0.15) is 31.0 Å². The van der Waals surface area contributed by atoms with Crippen LogP contribution in [0.15, 0.2) is 54.9 Å². The van der Waals surface area contributed by atoms with Crippen LogP contribution in [0, 0.1) is 5.92 Å². The first kappa shape index (κ1) is 16.7. The van der Waals surface area contributed by atoms with E-state index in [9.17, 15) is 4.79 Å². The van der Waals surface area contributed by atoms with Gasteiger partial charge in [0.1, 0.15) is 5.75 Å². The van der Waals surface area contributed by atoms with Gasteiger partial charge in [0.05, 0.1) is 13.2 Å². The SMILES string of the molecule is COc1ccc(C(NC(=O)/C=C/c2cccnc2)C(C)C)cc1. The average molecular weight is 310 g/mol. The van der Waals surface area contributed by atoms with Crippen LogP contribution in [0.4, 0.5) is 0 Å². The van der Waals surface area contributed by atoms with Gasteiger partial charge in [-0.2, -0.15) is 0 Å². The van der Waals surface area contributed by atoms with Gasteiger partial charge in [0, 0.05) is 18.5 Å². The molecule has 0 bridgehead atoms. The van der Waals surface area contributed by atoms with Gasteiger partial charge >= 0.3 is 0 Å². The predicted octanol–water partition coefficient (Wildman–Crippen LogP) is 3.62. The molecule has 2 aromatic rings. The van der Waals surface area contributed by atoms with Gasteiger partial charge in [-0.15, -0.1) is 0 Å². The second-order valence-corrected chi connectivity index (χ2v) is 5.62. The lowest BCUT2D eigenvalue weighted by atomic mass is 9.96. The predicted molar refractivity (Wildman–Crippen MR) is 92.0 cm³/mol. The van der Waals surface area contributed by atoms with Crippen molar-refractivity contribution >= 4 is 12.0 Å². The number of carbonyl (C=O) groups excluding carboxylic acids is 1. The molecule has 1 aromatic heterocycles. The summed E-state index contributed by atoms with van der Waals surface area (Å²) in [5, 5.41) is 3.05. The number of carbonyl (C=O) groups is 1. The van der Waals surface area contributed by atoms with E-state index in [1.54, 1.807) is 25.6 Å². The fourth-order valence-corrected chi connectivity index (χ4v) is 2.29. The number of benzene rings is 1.